The molecule has 0 radical (unpaired) electrons. The average Bonchev–Trinajstić information content (AvgIpc) is 3.51. The monoisotopic (exact) mass is 682 g/mol. The molecule has 5 rings (SSSR count). The van der Waals surface area contributed by atoms with Crippen LogP contribution < -0.4 is 15.5 Å². The summed E-state index contributed by atoms with van der Waals surface area (Å²) in [6, 6.07) is 21.3. The van der Waals surface area contributed by atoms with E-state index in [1.807, 2.05) is 66.4 Å². The van der Waals surface area contributed by atoms with E-state index >= 15 is 0 Å². The molecule has 0 saturated heterocycles. The lowest BCUT2D eigenvalue weighted by Crippen LogP contribution is -2.46. The Balaban J connectivity index is 1.52. The third-order valence-corrected chi connectivity index (χ3v) is 11.1. The summed E-state index contributed by atoms with van der Waals surface area (Å²) in [5.74, 6) is -0.295. The van der Waals surface area contributed by atoms with Gasteiger partial charge in [0.2, 0.25) is 0 Å². The normalized spacial score (nSPS) is 14.2. The third kappa shape index (κ3) is 8.41. The van der Waals surface area contributed by atoms with Crippen LogP contribution in [-0.2, 0) is 13.0 Å². The number of carbonyl (C=O) groups is 2. The fourth-order valence-corrected chi connectivity index (χ4v) is 7.74. The van der Waals surface area contributed by atoms with Crippen LogP contribution in [0.5, 0.6) is 0 Å². The molecular formula is C38H50N6O4Si. The quantitative estimate of drug-likeness (QED) is 0.109. The summed E-state index contributed by atoms with van der Waals surface area (Å²) in [6.45, 7) is 9.69. The lowest BCUT2D eigenvalue weighted by molar-refractivity contribution is 0.0544. The van der Waals surface area contributed by atoms with Crippen molar-refractivity contribution in [1.29, 1.82) is 0 Å². The van der Waals surface area contributed by atoms with Gasteiger partial charge in [-0.3, -0.25) is 9.59 Å². The van der Waals surface area contributed by atoms with Crippen molar-refractivity contribution in [2.75, 3.05) is 36.7 Å². The highest BCUT2D eigenvalue weighted by Gasteiger charge is 2.32. The molecule has 2 amide bonds. The molecule has 1 aliphatic heterocycles. The van der Waals surface area contributed by atoms with E-state index in [0.29, 0.717) is 43.0 Å². The number of hydrogen-bond acceptors (Lipinski definition) is 7. The van der Waals surface area contributed by atoms with Gasteiger partial charge in [-0.15, -0.1) is 0 Å². The first-order chi connectivity index (χ1) is 23.8. The summed E-state index contributed by atoms with van der Waals surface area (Å²) in [5.41, 5.74) is 7.18. The van der Waals surface area contributed by atoms with E-state index in [2.05, 4.69) is 43.2 Å². The molecule has 11 heteroatoms. The van der Waals surface area contributed by atoms with Gasteiger partial charge in [0, 0.05) is 36.7 Å². The van der Waals surface area contributed by atoms with Crippen LogP contribution >= 0.6 is 0 Å². The van der Waals surface area contributed by atoms with E-state index in [0.717, 1.165) is 59.4 Å². The molecule has 1 atom stereocenters. The smallest absolute Gasteiger partial charge is 0.274 e. The predicted molar refractivity (Wildman–Crippen MR) is 199 cm³/mol. The van der Waals surface area contributed by atoms with Crippen molar-refractivity contribution in [2.24, 2.45) is 0 Å². The van der Waals surface area contributed by atoms with Gasteiger partial charge in [-0.05, 0) is 85.8 Å². The van der Waals surface area contributed by atoms with Crippen molar-refractivity contribution in [3.8, 4) is 5.69 Å². The maximum atomic E-state index is 14.6. The number of benzene rings is 3. The lowest BCUT2D eigenvalue weighted by atomic mass is 9.93. The number of rotatable bonds is 15. The second-order valence-corrected chi connectivity index (χ2v) is 14.4. The Labute approximate surface area is 292 Å². The summed E-state index contributed by atoms with van der Waals surface area (Å²) in [5, 5.41) is 28.7. The molecule has 3 aromatic carbocycles. The van der Waals surface area contributed by atoms with Crippen LogP contribution in [-0.4, -0.2) is 83.8 Å². The first kappa shape index (κ1) is 35.8. The zero-order valence-corrected chi connectivity index (χ0v) is 30.6. The van der Waals surface area contributed by atoms with Crippen LogP contribution in [0.2, 0.25) is 0 Å². The number of aliphatic hydroxyl groups is 2. The van der Waals surface area contributed by atoms with Crippen LogP contribution in [0.1, 0.15) is 82.8 Å². The number of nitrogens with one attached hydrogen (secondary N) is 2. The van der Waals surface area contributed by atoms with Crippen molar-refractivity contribution in [1.82, 2.24) is 19.6 Å². The van der Waals surface area contributed by atoms with Crippen molar-refractivity contribution in [2.45, 2.75) is 72.4 Å². The molecule has 1 aliphatic rings. The molecule has 1 unspecified atom stereocenters. The van der Waals surface area contributed by atoms with Gasteiger partial charge < -0.3 is 30.3 Å². The topological polar surface area (TPSA) is 123 Å². The maximum absolute atomic E-state index is 14.6. The number of aromatic nitrogens is 2. The summed E-state index contributed by atoms with van der Waals surface area (Å²) in [7, 11) is -1.02. The van der Waals surface area contributed by atoms with Gasteiger partial charge in [-0.1, -0.05) is 62.6 Å². The highest BCUT2D eigenvalue weighted by Crippen LogP contribution is 2.29. The van der Waals surface area contributed by atoms with Crippen molar-refractivity contribution >= 4 is 38.1 Å². The van der Waals surface area contributed by atoms with Crippen LogP contribution in [0.4, 0.5) is 11.4 Å². The van der Waals surface area contributed by atoms with Gasteiger partial charge in [0.05, 0.1) is 23.9 Å². The first-order valence-corrected chi connectivity index (χ1v) is 18.9. The second kappa shape index (κ2) is 16.8. The Morgan fingerprint density at radius 2 is 1.65 bits per heavy atom. The van der Waals surface area contributed by atoms with Crippen LogP contribution in [0.15, 0.2) is 66.7 Å². The molecule has 0 bridgehead atoms. The van der Waals surface area contributed by atoms with Crippen molar-refractivity contribution < 1.29 is 19.8 Å². The Morgan fingerprint density at radius 1 is 0.939 bits per heavy atom. The number of anilines is 2. The average molecular weight is 683 g/mol. The Morgan fingerprint density at radius 3 is 2.35 bits per heavy atom. The highest BCUT2D eigenvalue weighted by molar-refractivity contribution is 6.57. The molecule has 0 aliphatic carbocycles. The fraction of sp³-hybridized carbons (Fsp3) is 0.395. The third-order valence-electron chi connectivity index (χ3n) is 9.35. The lowest BCUT2D eigenvalue weighted by Gasteiger charge is -2.36. The molecule has 0 spiro atoms. The molecule has 10 nitrogen and oxygen atoms in total. The van der Waals surface area contributed by atoms with E-state index < -0.39 is 9.68 Å². The molecule has 4 N–H and O–H groups in total. The number of amides is 2. The Bertz CT molecular complexity index is 1750. The van der Waals surface area contributed by atoms with E-state index in [4.69, 9.17) is 5.10 Å². The van der Waals surface area contributed by atoms with Gasteiger partial charge in [0.15, 0.2) is 15.4 Å². The summed E-state index contributed by atoms with van der Waals surface area (Å²) < 4.78 is 1.71. The van der Waals surface area contributed by atoms with Crippen LogP contribution in [0.3, 0.4) is 0 Å². The van der Waals surface area contributed by atoms with E-state index in [1.54, 1.807) is 9.58 Å². The zero-order chi connectivity index (χ0) is 34.9. The first-order valence-electron chi connectivity index (χ1n) is 17.4. The van der Waals surface area contributed by atoms with E-state index in [1.165, 1.54) is 5.19 Å². The largest absolute Gasteiger partial charge is 0.412 e. The number of carbonyl (C=O) groups excluding carboxylic acids is 2. The minimum Gasteiger partial charge on any atom is -0.412 e. The SMILES string of the molecule is CCCCN(CCCC)C(=O)c1cc(C)n(-c2ccc(N[SiH2]c3cc(NCO)ccc3C)cc2C(=O)N2Cc3ccccc3CC2CO)n1. The molecule has 260 valence electrons. The molecule has 0 saturated carbocycles. The molecule has 2 heterocycles. The molecule has 1 aromatic heterocycles. The van der Waals surface area contributed by atoms with Gasteiger partial charge in [-0.2, -0.15) is 5.10 Å². The number of unbranched alkanes of at least 4 members (excludes halogenated alkanes) is 2. The standard InChI is InChI=1S/C38H50N6O4Si/c1-5-7-17-42(18-8-6-2)38(48)34-19-27(4)44(40-34)35-16-15-31(41-49-36-22-30(39-25-46)14-13-26(36)3)21-33(35)37(47)43-23-29-12-10-9-11-28(29)20-32(43)24-45/h9-16,19,21-22,32,39,41,45-46H,5-8,17-18,20,23-25,49H2,1-4H3. The molecule has 49 heavy (non-hydrogen) atoms. The van der Waals surface area contributed by atoms with Crippen molar-refractivity contribution in [3.63, 3.8) is 0 Å². The predicted octanol–water partition coefficient (Wildman–Crippen LogP) is 4.27. The van der Waals surface area contributed by atoms with Gasteiger partial charge in [-0.25, -0.2) is 4.68 Å². The number of aryl methyl sites for hydroxylation is 2. The number of nitrogens with zero attached hydrogens (tertiary/aromatic N) is 4. The van der Waals surface area contributed by atoms with Crippen LogP contribution in [0.25, 0.3) is 5.69 Å². The summed E-state index contributed by atoms with van der Waals surface area (Å²) in [6.07, 6.45) is 4.43. The van der Waals surface area contributed by atoms with E-state index in [-0.39, 0.29) is 31.2 Å². The highest BCUT2D eigenvalue weighted by atomic mass is 28.2. The number of hydrogen-bond donors (Lipinski definition) is 4. The molecular weight excluding hydrogens is 633 g/mol. The maximum Gasteiger partial charge on any atom is 0.274 e. The van der Waals surface area contributed by atoms with Gasteiger partial charge >= 0.3 is 0 Å². The molecule has 0 fully saturated rings. The van der Waals surface area contributed by atoms with Crippen LogP contribution in [0, 0.1) is 13.8 Å². The summed E-state index contributed by atoms with van der Waals surface area (Å²) in [4.78, 5) is 35.6. The Kier molecular flexibility index (Phi) is 12.3. The van der Waals surface area contributed by atoms with E-state index in [9.17, 15) is 19.8 Å². The minimum atomic E-state index is -1.02. The van der Waals surface area contributed by atoms with Crippen molar-refractivity contribution in [3.05, 3.63) is 100 Å². The summed E-state index contributed by atoms with van der Waals surface area (Å²) >= 11 is 0. The van der Waals surface area contributed by atoms with Gasteiger partial charge in [0.25, 0.3) is 11.8 Å². The number of aliphatic hydroxyl groups excluding tert-OH is 2. The van der Waals surface area contributed by atoms with Gasteiger partial charge in [0.1, 0.15) is 6.73 Å². The Hall–Kier alpha value is -4.45. The number of fused-ring (bicyclic) bond motifs is 1. The fourth-order valence-electron chi connectivity index (χ4n) is 6.40. The minimum absolute atomic E-state index is 0.0952. The zero-order valence-electron chi connectivity index (χ0n) is 29.2. The second-order valence-electron chi connectivity index (χ2n) is 12.9. The molecule has 4 aromatic rings.